The third-order valence-corrected chi connectivity index (χ3v) is 11.7. The van der Waals surface area contributed by atoms with Gasteiger partial charge in [0.1, 0.15) is 36.3 Å². The van der Waals surface area contributed by atoms with Crippen molar-refractivity contribution in [1.82, 2.24) is 30.2 Å². The molecule has 328 valence electrons. The molecule has 31 heteroatoms. The average Bonchev–Trinajstić information content (AvgIpc) is 3.63. The van der Waals surface area contributed by atoms with E-state index in [1.54, 1.807) is 0 Å². The number of rotatable bonds is 23. The van der Waals surface area contributed by atoms with E-state index in [1.807, 2.05) is 0 Å². The number of hydrogen-bond donors (Lipinski definition) is 7. The highest BCUT2D eigenvalue weighted by Crippen LogP contribution is 2.56. The number of carbonyl (C=O) groups excluding carboxylic acids is 3. The van der Waals surface area contributed by atoms with Crippen LogP contribution in [0.1, 0.15) is 46.3 Å². The SMILES string of the molecule is CC(O)(CC(=O)O)CC(=O)SCCNC(=O)CCNC(=O)C(O)C(C)(C)COP(=O)([O-])OP(=O)([O-])OCC1OC(n2cnc3c(N)ncnc32)C(O)C1OP(=O)([O-])[O-]. The molecule has 8 atom stereocenters. The van der Waals surface area contributed by atoms with Gasteiger partial charge in [0.05, 0.1) is 39.4 Å². The Morgan fingerprint density at radius 1 is 1.03 bits per heavy atom. The fraction of sp³-hybridized carbons (Fsp3) is 0.667. The molecule has 3 heterocycles. The largest absolute Gasteiger partial charge is 0.790 e. The molecule has 2 aromatic heterocycles. The lowest BCUT2D eigenvalue weighted by Gasteiger charge is -2.36. The first-order chi connectivity index (χ1) is 26.6. The van der Waals surface area contributed by atoms with Crippen molar-refractivity contribution < 1.29 is 95.5 Å². The smallest absolute Gasteiger partial charge is 0.306 e. The molecule has 8 N–H and O–H groups in total. The molecule has 1 saturated heterocycles. The van der Waals surface area contributed by atoms with Gasteiger partial charge in [-0.05, 0) is 6.92 Å². The number of nitrogens with one attached hydrogen (secondary N) is 2. The molecule has 8 unspecified atom stereocenters. The van der Waals surface area contributed by atoms with Crippen LogP contribution in [0.2, 0.25) is 0 Å². The predicted octanol–water partition coefficient (Wildman–Crippen LogP) is -4.25. The molecule has 1 aliphatic rings. The van der Waals surface area contributed by atoms with Crippen LogP contribution in [0.15, 0.2) is 12.7 Å². The van der Waals surface area contributed by atoms with Gasteiger partial charge in [0, 0.05) is 37.1 Å². The Morgan fingerprint density at radius 2 is 1.69 bits per heavy atom. The molecule has 3 rings (SSSR count). The second-order valence-corrected chi connectivity index (χ2v) is 18.7. The molecule has 0 spiro atoms. The van der Waals surface area contributed by atoms with Crippen LogP contribution in [0.3, 0.4) is 0 Å². The van der Waals surface area contributed by atoms with Gasteiger partial charge >= 0.3 is 5.97 Å². The van der Waals surface area contributed by atoms with Crippen LogP contribution in [0, 0.1) is 5.41 Å². The van der Waals surface area contributed by atoms with Gasteiger partial charge in [-0.1, -0.05) is 25.6 Å². The molecule has 0 aliphatic carbocycles. The van der Waals surface area contributed by atoms with Crippen molar-refractivity contribution in [2.45, 2.75) is 76.3 Å². The first kappa shape index (κ1) is 49.4. The maximum atomic E-state index is 12.5. The number of phosphoric ester groups is 3. The van der Waals surface area contributed by atoms with Gasteiger partial charge in [-0.25, -0.2) is 19.3 Å². The van der Waals surface area contributed by atoms with Gasteiger partial charge in [-0.2, -0.15) is 0 Å². The summed E-state index contributed by atoms with van der Waals surface area (Å²) in [6.07, 6.45) is -8.91. The summed E-state index contributed by atoms with van der Waals surface area (Å²) < 4.78 is 60.4. The van der Waals surface area contributed by atoms with E-state index in [9.17, 15) is 67.8 Å². The van der Waals surface area contributed by atoms with E-state index >= 15 is 0 Å². The van der Waals surface area contributed by atoms with Crippen molar-refractivity contribution in [1.29, 1.82) is 0 Å². The quantitative estimate of drug-likeness (QED) is 0.0410. The fourth-order valence-corrected chi connectivity index (χ4v) is 8.60. The third-order valence-electron chi connectivity index (χ3n) is 7.80. The number of nitrogens with two attached hydrogens (primary N) is 1. The minimum atomic E-state index is -5.94. The Hall–Kier alpha value is -3.01. The lowest BCUT2D eigenvalue weighted by molar-refractivity contribution is -0.347. The van der Waals surface area contributed by atoms with Crippen molar-refractivity contribution in [2.75, 3.05) is 37.8 Å². The van der Waals surface area contributed by atoms with Gasteiger partial charge in [0.25, 0.3) is 15.6 Å². The topological polar surface area (TPSA) is 432 Å². The summed E-state index contributed by atoms with van der Waals surface area (Å²) in [4.78, 5) is 107. The van der Waals surface area contributed by atoms with Crippen molar-refractivity contribution in [2.24, 2.45) is 5.41 Å². The summed E-state index contributed by atoms with van der Waals surface area (Å²) >= 11 is 0.760. The number of aliphatic hydroxyl groups excluding tert-OH is 2. The van der Waals surface area contributed by atoms with Crippen LogP contribution in [0.5, 0.6) is 0 Å². The van der Waals surface area contributed by atoms with Gasteiger partial charge in [0.2, 0.25) is 11.8 Å². The average molecular weight is 908 g/mol. The molecule has 58 heavy (non-hydrogen) atoms. The lowest BCUT2D eigenvalue weighted by atomic mass is 9.87. The molecule has 1 aliphatic heterocycles. The highest BCUT2D eigenvalue weighted by molar-refractivity contribution is 8.13. The molecule has 2 aromatic rings. The first-order valence-corrected chi connectivity index (χ1v) is 21.9. The number of nitrogen functional groups attached to an aromatic ring is 1. The molecule has 0 radical (unpaired) electrons. The van der Waals surface area contributed by atoms with E-state index in [0.29, 0.717) is 0 Å². The van der Waals surface area contributed by atoms with Crippen molar-refractivity contribution in [3.63, 3.8) is 0 Å². The second-order valence-electron chi connectivity index (χ2n) is 13.4. The highest BCUT2D eigenvalue weighted by atomic mass is 32.2. The first-order valence-electron chi connectivity index (χ1n) is 16.5. The van der Waals surface area contributed by atoms with Crippen LogP contribution in [-0.2, 0) is 55.5 Å². The number of fused-ring (bicyclic) bond motifs is 1. The normalized spacial score (nSPS) is 22.4. The molecular formula is C27H40N7O20P3S-4. The predicted molar refractivity (Wildman–Crippen MR) is 186 cm³/mol. The Morgan fingerprint density at radius 3 is 2.33 bits per heavy atom. The maximum absolute atomic E-state index is 12.5. The zero-order chi connectivity index (χ0) is 43.9. The van der Waals surface area contributed by atoms with E-state index in [0.717, 1.165) is 42.8 Å². The van der Waals surface area contributed by atoms with Crippen LogP contribution >= 0.6 is 35.2 Å². The van der Waals surface area contributed by atoms with Gasteiger partial charge in [0.15, 0.2) is 22.8 Å². The van der Waals surface area contributed by atoms with Crippen LogP contribution < -0.4 is 35.9 Å². The Bertz CT molecular complexity index is 1950. The Labute approximate surface area is 332 Å². The number of imidazole rings is 1. The zero-order valence-corrected chi connectivity index (χ0v) is 34.1. The number of carboxylic acid groups (broad SMARTS) is 1. The maximum Gasteiger partial charge on any atom is 0.306 e. The monoisotopic (exact) mass is 907 g/mol. The molecule has 27 nitrogen and oxygen atoms in total. The lowest BCUT2D eigenvalue weighted by Crippen LogP contribution is -2.46. The number of carbonyl (C=O) groups is 4. The van der Waals surface area contributed by atoms with Gasteiger partial charge in [-0.15, -0.1) is 0 Å². The summed E-state index contributed by atoms with van der Waals surface area (Å²) in [7, 11) is -17.7. The number of thioether (sulfide) groups is 1. The number of carboxylic acids is 1. The summed E-state index contributed by atoms with van der Waals surface area (Å²) in [5, 5.41) is 44.2. The minimum Gasteiger partial charge on any atom is -0.790 e. The fourth-order valence-electron chi connectivity index (χ4n) is 5.02. The molecule has 0 aromatic carbocycles. The molecular weight excluding hydrogens is 867 g/mol. The number of hydrogen-bond acceptors (Lipinski definition) is 24. The second kappa shape index (κ2) is 20.0. The molecule has 0 saturated carbocycles. The number of aliphatic hydroxyl groups is 3. The standard InChI is InChI=1S/C27H44N7O20P3S/c1-26(2,21(40)24(41)30-5-4-15(35)29-6-7-58-17(38)9-27(3,42)8-16(36)37)11-51-57(48,49)54-56(46,47)50-10-14-20(53-55(43,44)45)19(39)25(52-14)34-13-33-18-22(28)31-12-32-23(18)34/h12-14,19-21,25,39-40,42H,4-11H2,1-3H3,(H,29,35)(H,30,41)(H,36,37)(H,46,47)(H,48,49)(H2,28,31,32)(H2,43,44,45)/p-4. The number of aliphatic carboxylic acids is 1. The molecule has 2 amide bonds. The van der Waals surface area contributed by atoms with Crippen LogP contribution in [0.4, 0.5) is 5.82 Å². The minimum absolute atomic E-state index is 0.00514. The van der Waals surface area contributed by atoms with Crippen molar-refractivity contribution >= 4 is 75.1 Å². The van der Waals surface area contributed by atoms with Gasteiger partial charge in [-0.3, -0.25) is 32.9 Å². The highest BCUT2D eigenvalue weighted by Gasteiger charge is 2.47. The summed E-state index contributed by atoms with van der Waals surface area (Å²) in [5.41, 5.74) is 2.24. The Balaban J connectivity index is 1.47. The summed E-state index contributed by atoms with van der Waals surface area (Å²) in [5.74, 6) is -2.93. The number of anilines is 1. The number of aromatic nitrogens is 4. The van der Waals surface area contributed by atoms with E-state index in [4.69, 9.17) is 15.6 Å². The van der Waals surface area contributed by atoms with E-state index in [2.05, 4.69) is 43.5 Å². The third kappa shape index (κ3) is 15.2. The Kier molecular flexibility index (Phi) is 17.0. The van der Waals surface area contributed by atoms with Crippen LogP contribution in [0.25, 0.3) is 11.2 Å². The van der Waals surface area contributed by atoms with Crippen LogP contribution in [-0.4, -0.2) is 125 Å². The molecule has 0 bridgehead atoms. The molecule has 1 fully saturated rings. The van der Waals surface area contributed by atoms with Gasteiger partial charge < -0.3 is 79.2 Å². The zero-order valence-electron chi connectivity index (χ0n) is 30.6. The summed E-state index contributed by atoms with van der Waals surface area (Å²) in [6, 6.07) is 0. The van der Waals surface area contributed by atoms with Crippen molar-refractivity contribution in [3.8, 4) is 0 Å². The number of phosphoric acid groups is 3. The van der Waals surface area contributed by atoms with E-state index in [1.165, 1.54) is 6.92 Å². The number of amides is 2. The van der Waals surface area contributed by atoms with E-state index in [-0.39, 0.29) is 42.2 Å². The number of nitrogens with zero attached hydrogens (tertiary/aromatic N) is 4. The van der Waals surface area contributed by atoms with E-state index < -0.39 is 114 Å². The number of ether oxygens (including phenoxy) is 1. The van der Waals surface area contributed by atoms with Crippen molar-refractivity contribution in [3.05, 3.63) is 12.7 Å². The summed E-state index contributed by atoms with van der Waals surface area (Å²) in [6.45, 7) is 0.883.